The normalized spacial score (nSPS) is 29.7. The summed E-state index contributed by atoms with van der Waals surface area (Å²) < 4.78 is 109. The molecule has 4 aliphatic rings. The molecule has 2 aromatic carbocycles. The molecule has 2 aromatic heterocycles. The predicted octanol–water partition coefficient (Wildman–Crippen LogP) is 6.71. The van der Waals surface area contributed by atoms with Crippen molar-refractivity contribution < 1.29 is 34.8 Å². The third kappa shape index (κ3) is 5.82. The number of benzene rings is 2. The second-order valence-corrected chi connectivity index (χ2v) is 15.4. The number of nitrogens with zero attached hydrogens (tertiary/aromatic N) is 6. The fourth-order valence-electron chi connectivity index (χ4n) is 6.12. The van der Waals surface area contributed by atoms with Crippen molar-refractivity contribution in [3.8, 4) is 0 Å². The first-order valence-electron chi connectivity index (χ1n) is 14.9. The average Bonchev–Trinajstić information content (AvgIpc) is 3.74. The quantitative estimate of drug-likeness (QED) is 0.209. The van der Waals surface area contributed by atoms with Gasteiger partial charge in [-0.3, -0.25) is 0 Å². The Bertz CT molecular complexity index is 1860. The Morgan fingerprint density at radius 1 is 0.696 bits per heavy atom. The number of rotatable bonds is 6. The fraction of sp³-hybridized carbons (Fsp3) is 0.467. The lowest BCUT2D eigenvalue weighted by molar-refractivity contribution is 0.213. The second kappa shape index (κ2) is 12.0. The fourth-order valence-corrected chi connectivity index (χ4v) is 8.96. The van der Waals surface area contributed by atoms with E-state index in [0.29, 0.717) is 29.1 Å². The van der Waals surface area contributed by atoms with E-state index in [2.05, 4.69) is 20.2 Å². The molecule has 4 aromatic rings. The van der Waals surface area contributed by atoms with Crippen LogP contribution in [-0.2, 0) is 9.84 Å². The highest BCUT2D eigenvalue weighted by molar-refractivity contribution is 7.99. The van der Waals surface area contributed by atoms with Crippen LogP contribution in [0.4, 0.5) is 26.3 Å². The van der Waals surface area contributed by atoms with Gasteiger partial charge in [0.15, 0.2) is 24.0 Å². The molecule has 8 rings (SSSR count). The Balaban J connectivity index is 0.000000147. The number of fused-ring (bicyclic) bond motifs is 2. The molecule has 244 valence electrons. The van der Waals surface area contributed by atoms with Crippen molar-refractivity contribution in [3.05, 3.63) is 82.9 Å². The highest BCUT2D eigenvalue weighted by Gasteiger charge is 2.44. The molecule has 0 N–H and O–H groups in total. The first-order chi connectivity index (χ1) is 22.0. The zero-order chi connectivity index (χ0) is 32.3. The molecule has 8 nitrogen and oxygen atoms in total. The summed E-state index contributed by atoms with van der Waals surface area (Å²) in [6, 6.07) is 10.9. The van der Waals surface area contributed by atoms with Gasteiger partial charge in [0.1, 0.15) is 24.0 Å². The summed E-state index contributed by atoms with van der Waals surface area (Å²) in [7, 11) is -3.87. The zero-order valence-corrected chi connectivity index (χ0v) is 25.7. The second-order valence-electron chi connectivity index (χ2n) is 12.0. The summed E-state index contributed by atoms with van der Waals surface area (Å²) in [6.45, 7) is 0. The Morgan fingerprint density at radius 3 is 1.74 bits per heavy atom. The predicted molar refractivity (Wildman–Crippen MR) is 155 cm³/mol. The van der Waals surface area contributed by atoms with Crippen molar-refractivity contribution in [2.24, 2.45) is 0 Å². The van der Waals surface area contributed by atoms with Crippen LogP contribution in [0.1, 0.15) is 85.7 Å². The average molecular weight is 683 g/mol. The SMILES string of the molecule is Fc1cccc([C@@H]2C[C@H](F)c3nc(SC4CC(F)C4)nn32)c1.O=S(=O)(c1nc2n(n1)[C@H](c1cccc(F)c1)C[C@@H]2F)C1CC(F)C1. The van der Waals surface area contributed by atoms with Crippen molar-refractivity contribution in [3.63, 3.8) is 0 Å². The maximum absolute atomic E-state index is 14.2. The van der Waals surface area contributed by atoms with Gasteiger partial charge in [-0.1, -0.05) is 36.0 Å². The molecular weight excluding hydrogens is 654 g/mol. The van der Waals surface area contributed by atoms with Crippen LogP contribution < -0.4 is 0 Å². The van der Waals surface area contributed by atoms with E-state index in [4.69, 9.17) is 0 Å². The van der Waals surface area contributed by atoms with E-state index in [0.717, 1.165) is 0 Å². The topological polar surface area (TPSA) is 95.6 Å². The summed E-state index contributed by atoms with van der Waals surface area (Å²) in [5.74, 6) is -0.612. The highest BCUT2D eigenvalue weighted by Crippen LogP contribution is 2.43. The molecule has 0 saturated heterocycles. The molecule has 2 fully saturated rings. The van der Waals surface area contributed by atoms with Gasteiger partial charge < -0.3 is 0 Å². The van der Waals surface area contributed by atoms with Crippen LogP contribution in [0.15, 0.2) is 58.8 Å². The van der Waals surface area contributed by atoms with E-state index < -0.39 is 56.8 Å². The molecule has 0 spiro atoms. The van der Waals surface area contributed by atoms with E-state index in [9.17, 15) is 34.8 Å². The molecule has 0 bridgehead atoms. The summed E-state index contributed by atoms with van der Waals surface area (Å²) in [6.07, 6.45) is -3.47. The first-order valence-corrected chi connectivity index (χ1v) is 17.3. The monoisotopic (exact) mass is 682 g/mol. The van der Waals surface area contributed by atoms with Crippen molar-refractivity contribution in [1.82, 2.24) is 29.5 Å². The van der Waals surface area contributed by atoms with Gasteiger partial charge in [-0.05, 0) is 61.1 Å². The van der Waals surface area contributed by atoms with Crippen LogP contribution in [0.5, 0.6) is 0 Å². The lowest BCUT2D eigenvalue weighted by Gasteiger charge is -2.27. The Kier molecular flexibility index (Phi) is 8.14. The summed E-state index contributed by atoms with van der Waals surface area (Å²) in [4.78, 5) is 8.08. The highest BCUT2D eigenvalue weighted by atomic mass is 32.2. The van der Waals surface area contributed by atoms with E-state index in [1.165, 1.54) is 46.8 Å². The van der Waals surface area contributed by atoms with Gasteiger partial charge in [0, 0.05) is 18.1 Å². The van der Waals surface area contributed by atoms with Crippen molar-refractivity contribution >= 4 is 21.6 Å². The molecule has 0 unspecified atom stereocenters. The maximum atomic E-state index is 14.2. The molecule has 2 aliphatic carbocycles. The number of hydrogen-bond acceptors (Lipinski definition) is 7. The van der Waals surface area contributed by atoms with Gasteiger partial charge in [-0.2, -0.15) is 4.98 Å². The van der Waals surface area contributed by atoms with Gasteiger partial charge in [0.2, 0.25) is 15.0 Å². The van der Waals surface area contributed by atoms with E-state index in [1.54, 1.807) is 22.9 Å². The Hall–Kier alpha value is -3.40. The minimum Gasteiger partial charge on any atom is -0.247 e. The van der Waals surface area contributed by atoms with E-state index in [1.807, 2.05) is 0 Å². The third-order valence-corrected chi connectivity index (χ3v) is 11.8. The lowest BCUT2D eigenvalue weighted by atomic mass is 9.97. The minimum atomic E-state index is -3.87. The molecular formula is C30H28F6N6O2S2. The van der Waals surface area contributed by atoms with Gasteiger partial charge in [-0.15, -0.1) is 10.2 Å². The molecule has 4 heterocycles. The van der Waals surface area contributed by atoms with Crippen LogP contribution in [0.3, 0.4) is 0 Å². The van der Waals surface area contributed by atoms with Crippen LogP contribution in [0.2, 0.25) is 0 Å². The molecule has 2 aliphatic heterocycles. The van der Waals surface area contributed by atoms with Crippen molar-refractivity contribution in [2.45, 2.75) is 96.1 Å². The van der Waals surface area contributed by atoms with Crippen LogP contribution in [-0.4, -0.2) is 60.8 Å². The Morgan fingerprint density at radius 2 is 1.22 bits per heavy atom. The van der Waals surface area contributed by atoms with Gasteiger partial charge in [0.05, 0.1) is 17.3 Å². The van der Waals surface area contributed by atoms with Crippen LogP contribution in [0.25, 0.3) is 0 Å². The van der Waals surface area contributed by atoms with Gasteiger partial charge in [0.25, 0.3) is 5.16 Å². The van der Waals surface area contributed by atoms with Crippen LogP contribution in [0, 0.1) is 11.6 Å². The number of sulfone groups is 1. The summed E-state index contributed by atoms with van der Waals surface area (Å²) >= 11 is 1.40. The van der Waals surface area contributed by atoms with Gasteiger partial charge in [-0.25, -0.2) is 49.1 Å². The van der Waals surface area contributed by atoms with E-state index >= 15 is 0 Å². The molecule has 4 atom stereocenters. The molecule has 46 heavy (non-hydrogen) atoms. The smallest absolute Gasteiger partial charge is 0.247 e. The molecule has 16 heteroatoms. The van der Waals surface area contributed by atoms with E-state index in [-0.39, 0.29) is 54.4 Å². The molecule has 2 saturated carbocycles. The summed E-state index contributed by atoms with van der Waals surface area (Å²) in [5, 5.41) is 7.64. The number of aromatic nitrogens is 6. The van der Waals surface area contributed by atoms with Gasteiger partial charge >= 0.3 is 0 Å². The third-order valence-electron chi connectivity index (χ3n) is 8.79. The Labute approximate surface area is 264 Å². The number of alkyl halides is 4. The molecule has 0 amide bonds. The van der Waals surface area contributed by atoms with Crippen LogP contribution >= 0.6 is 11.8 Å². The first kappa shape index (κ1) is 31.2. The number of halogens is 6. The number of thioether (sulfide) groups is 1. The zero-order valence-electron chi connectivity index (χ0n) is 24.1. The van der Waals surface area contributed by atoms with Crippen molar-refractivity contribution in [1.29, 1.82) is 0 Å². The maximum Gasteiger partial charge on any atom is 0.267 e. The standard InChI is InChI=1S/C15H14F3N3O2S.C15H14F3N3S/c16-9-3-1-2-8(4-9)13-7-12(18)14-19-15(20-21(13)14)24(22,23)11-5-10(17)6-11;16-9-3-1-2-8(4-9)13-7-12(18)14-19-15(20-21(13)14)22-11-5-10(17)6-11/h1-4,10-13H,5-7H2;1-4,10-13H,5-7H2/t2*10?,11?,12-,13-/m00/s1. The summed E-state index contributed by atoms with van der Waals surface area (Å²) in [5.41, 5.74) is 1.19. The minimum absolute atomic E-state index is 0.0229. The lowest BCUT2D eigenvalue weighted by Crippen LogP contribution is -2.37. The largest absolute Gasteiger partial charge is 0.267 e. The van der Waals surface area contributed by atoms with Crippen molar-refractivity contribution in [2.75, 3.05) is 0 Å². The number of hydrogen-bond donors (Lipinski definition) is 0. The molecule has 0 radical (unpaired) electrons.